The van der Waals surface area contributed by atoms with Crippen molar-refractivity contribution in [3.63, 3.8) is 0 Å². The third kappa shape index (κ3) is 4.39. The van der Waals surface area contributed by atoms with Crippen LogP contribution in [0, 0.1) is 0 Å². The Morgan fingerprint density at radius 1 is 1.31 bits per heavy atom. The first-order valence-corrected chi connectivity index (χ1v) is 5.04. The van der Waals surface area contributed by atoms with Crippen LogP contribution in [0.15, 0.2) is 0 Å². The van der Waals surface area contributed by atoms with Crippen LogP contribution in [0.4, 0.5) is 0 Å². The maximum Gasteiger partial charge on any atom is 0.138 e. The van der Waals surface area contributed by atoms with Gasteiger partial charge in [0.1, 0.15) is 5.78 Å². The number of carbonyl (C=O) groups is 1. The van der Waals surface area contributed by atoms with Crippen LogP contribution in [0.25, 0.3) is 0 Å². The summed E-state index contributed by atoms with van der Waals surface area (Å²) in [5.41, 5.74) is 0. The van der Waals surface area contributed by atoms with Gasteiger partial charge in [0.15, 0.2) is 0 Å². The average Bonchev–Trinajstić information content (AvgIpc) is 2.07. The molecule has 1 rings (SSSR count). The lowest BCUT2D eigenvalue weighted by Crippen LogP contribution is -2.32. The first kappa shape index (κ1) is 10.7. The highest BCUT2D eigenvalue weighted by atomic mass is 16.5. The summed E-state index contributed by atoms with van der Waals surface area (Å²) in [5.74, 6) is 0.317. The Bertz CT molecular complexity index is 148. The van der Waals surface area contributed by atoms with E-state index in [0.29, 0.717) is 31.8 Å². The van der Waals surface area contributed by atoms with Crippen LogP contribution in [-0.2, 0) is 14.3 Å². The van der Waals surface area contributed by atoms with E-state index in [1.807, 2.05) is 0 Å². The molecule has 0 amide bonds. The zero-order valence-electron chi connectivity index (χ0n) is 8.25. The summed E-state index contributed by atoms with van der Waals surface area (Å²) in [6, 6.07) is 0. The molecule has 1 fully saturated rings. The van der Waals surface area contributed by atoms with E-state index >= 15 is 0 Å². The predicted octanol–water partition coefficient (Wildman–Crippen LogP) is 1.55. The first-order chi connectivity index (χ1) is 6.33. The van der Waals surface area contributed by atoms with Crippen LogP contribution >= 0.6 is 0 Å². The van der Waals surface area contributed by atoms with Gasteiger partial charge in [-0.15, -0.1) is 0 Å². The second kappa shape index (κ2) is 6.11. The summed E-state index contributed by atoms with van der Waals surface area (Å²) < 4.78 is 10.7. The molecule has 0 spiro atoms. The Morgan fingerprint density at radius 2 is 2.08 bits per heavy atom. The minimum Gasteiger partial charge on any atom is -0.379 e. The van der Waals surface area contributed by atoms with Crippen molar-refractivity contribution in [2.24, 2.45) is 0 Å². The van der Waals surface area contributed by atoms with E-state index in [-0.39, 0.29) is 6.10 Å². The Labute approximate surface area is 79.4 Å². The van der Waals surface area contributed by atoms with Gasteiger partial charge in [0.05, 0.1) is 19.3 Å². The molecule has 0 aliphatic heterocycles. The number of rotatable bonds is 7. The van der Waals surface area contributed by atoms with Crippen molar-refractivity contribution in [1.82, 2.24) is 0 Å². The van der Waals surface area contributed by atoms with Crippen molar-refractivity contribution in [1.29, 1.82) is 0 Å². The molecule has 0 saturated heterocycles. The van der Waals surface area contributed by atoms with Gasteiger partial charge in [-0.3, -0.25) is 4.79 Å². The van der Waals surface area contributed by atoms with Gasteiger partial charge >= 0.3 is 0 Å². The molecule has 0 aromatic rings. The fraction of sp³-hybridized carbons (Fsp3) is 0.900. The number of Topliss-reactive ketones (excluding diaryl/α,β-unsaturated/α-hetero) is 1. The summed E-state index contributed by atoms with van der Waals surface area (Å²) >= 11 is 0. The molecule has 0 heterocycles. The molecule has 1 aliphatic rings. The number of ketones is 1. The normalized spacial score (nSPS) is 17.5. The molecular weight excluding hydrogens is 168 g/mol. The summed E-state index contributed by atoms with van der Waals surface area (Å²) in [4.78, 5) is 10.6. The molecule has 0 aromatic carbocycles. The number of hydrogen-bond acceptors (Lipinski definition) is 3. The quantitative estimate of drug-likeness (QED) is 0.566. The van der Waals surface area contributed by atoms with Gasteiger partial charge < -0.3 is 9.47 Å². The summed E-state index contributed by atoms with van der Waals surface area (Å²) in [5, 5.41) is 0. The van der Waals surface area contributed by atoms with E-state index in [2.05, 4.69) is 6.92 Å². The van der Waals surface area contributed by atoms with Gasteiger partial charge in [0, 0.05) is 19.4 Å². The molecule has 0 aromatic heterocycles. The van der Waals surface area contributed by atoms with Gasteiger partial charge in [0.25, 0.3) is 0 Å². The third-order valence-corrected chi connectivity index (χ3v) is 2.13. The van der Waals surface area contributed by atoms with Gasteiger partial charge in [-0.1, -0.05) is 13.3 Å². The van der Waals surface area contributed by atoms with E-state index in [1.54, 1.807) is 0 Å². The van der Waals surface area contributed by atoms with E-state index in [0.717, 1.165) is 19.4 Å². The second-order valence-electron chi connectivity index (χ2n) is 3.41. The number of ether oxygens (including phenoxy) is 2. The maximum absolute atomic E-state index is 10.6. The summed E-state index contributed by atoms with van der Waals surface area (Å²) in [6.07, 6.45) is 3.67. The van der Waals surface area contributed by atoms with Crippen LogP contribution < -0.4 is 0 Å². The highest BCUT2D eigenvalue weighted by Gasteiger charge is 2.26. The van der Waals surface area contributed by atoms with E-state index in [4.69, 9.17) is 9.47 Å². The highest BCUT2D eigenvalue weighted by Crippen LogP contribution is 2.17. The van der Waals surface area contributed by atoms with Crippen molar-refractivity contribution in [3.8, 4) is 0 Å². The van der Waals surface area contributed by atoms with Gasteiger partial charge in [-0.05, 0) is 6.42 Å². The molecule has 3 nitrogen and oxygen atoms in total. The molecule has 0 bridgehead atoms. The zero-order chi connectivity index (χ0) is 9.52. The standard InChI is InChI=1S/C10H18O3/c1-2-3-4-12-5-6-13-10-7-9(11)8-10/h10H,2-8H2,1H3. The Hall–Kier alpha value is -0.410. The lowest BCUT2D eigenvalue weighted by Gasteiger charge is -2.24. The van der Waals surface area contributed by atoms with E-state index < -0.39 is 0 Å². The van der Waals surface area contributed by atoms with E-state index in [9.17, 15) is 4.79 Å². The second-order valence-corrected chi connectivity index (χ2v) is 3.41. The highest BCUT2D eigenvalue weighted by molar-refractivity contribution is 5.85. The van der Waals surface area contributed by atoms with Crippen molar-refractivity contribution in [2.45, 2.75) is 38.7 Å². The third-order valence-electron chi connectivity index (χ3n) is 2.13. The fourth-order valence-corrected chi connectivity index (χ4v) is 1.19. The summed E-state index contributed by atoms with van der Waals surface area (Å²) in [7, 11) is 0. The Kier molecular flexibility index (Phi) is 5.01. The molecule has 0 atom stereocenters. The number of carbonyl (C=O) groups excluding carboxylic acids is 1. The minimum absolute atomic E-state index is 0.183. The van der Waals surface area contributed by atoms with E-state index in [1.165, 1.54) is 0 Å². The van der Waals surface area contributed by atoms with Crippen LogP contribution in [0.2, 0.25) is 0 Å². The van der Waals surface area contributed by atoms with Crippen molar-refractivity contribution in [3.05, 3.63) is 0 Å². The number of hydrogen-bond donors (Lipinski definition) is 0. The zero-order valence-corrected chi connectivity index (χ0v) is 8.25. The van der Waals surface area contributed by atoms with Crippen LogP contribution in [0.5, 0.6) is 0 Å². The van der Waals surface area contributed by atoms with Gasteiger partial charge in [0.2, 0.25) is 0 Å². The Balaban J connectivity index is 1.77. The molecule has 76 valence electrons. The van der Waals surface area contributed by atoms with Crippen LogP contribution in [0.3, 0.4) is 0 Å². The monoisotopic (exact) mass is 186 g/mol. The molecular formula is C10H18O3. The largest absolute Gasteiger partial charge is 0.379 e. The molecule has 1 aliphatic carbocycles. The van der Waals surface area contributed by atoms with Crippen LogP contribution in [-0.4, -0.2) is 31.7 Å². The molecule has 1 saturated carbocycles. The van der Waals surface area contributed by atoms with Crippen molar-refractivity contribution < 1.29 is 14.3 Å². The topological polar surface area (TPSA) is 35.5 Å². The summed E-state index contributed by atoms with van der Waals surface area (Å²) in [6.45, 7) is 4.25. The lowest BCUT2D eigenvalue weighted by atomic mass is 9.94. The number of unbranched alkanes of at least 4 members (excludes halogenated alkanes) is 1. The fourth-order valence-electron chi connectivity index (χ4n) is 1.19. The Morgan fingerprint density at radius 3 is 2.69 bits per heavy atom. The smallest absolute Gasteiger partial charge is 0.138 e. The molecule has 0 N–H and O–H groups in total. The maximum atomic E-state index is 10.6. The first-order valence-electron chi connectivity index (χ1n) is 5.04. The predicted molar refractivity (Wildman–Crippen MR) is 49.7 cm³/mol. The van der Waals surface area contributed by atoms with Crippen LogP contribution in [0.1, 0.15) is 32.6 Å². The van der Waals surface area contributed by atoms with Gasteiger partial charge in [-0.2, -0.15) is 0 Å². The average molecular weight is 186 g/mol. The molecule has 0 unspecified atom stereocenters. The van der Waals surface area contributed by atoms with Gasteiger partial charge in [-0.25, -0.2) is 0 Å². The van der Waals surface area contributed by atoms with Crippen molar-refractivity contribution >= 4 is 5.78 Å². The molecule has 3 heteroatoms. The van der Waals surface area contributed by atoms with Crippen molar-refractivity contribution in [2.75, 3.05) is 19.8 Å². The molecule has 13 heavy (non-hydrogen) atoms. The molecule has 0 radical (unpaired) electrons. The lowest BCUT2D eigenvalue weighted by molar-refractivity contribution is -0.135. The minimum atomic E-state index is 0.183. The SMILES string of the molecule is CCCCOCCOC1CC(=O)C1.